The van der Waals surface area contributed by atoms with Crippen LogP contribution in [0.25, 0.3) is 0 Å². The maximum Gasteiger partial charge on any atom is 0.233 e. The maximum absolute atomic E-state index is 11.9. The Morgan fingerprint density at radius 2 is 1.89 bits per heavy atom. The summed E-state index contributed by atoms with van der Waals surface area (Å²) in [4.78, 5) is 26.9. The Hall–Kier alpha value is -1.14. The predicted molar refractivity (Wildman–Crippen MR) is 76.7 cm³/mol. The van der Waals surface area contributed by atoms with Crippen molar-refractivity contribution in [2.45, 2.75) is 26.2 Å². The fourth-order valence-electron chi connectivity index (χ4n) is 1.77. The molecule has 0 bridgehead atoms. The Kier molecular flexibility index (Phi) is 10.1. The molecule has 0 rings (SSSR count). The average molecular weight is 272 g/mol. The summed E-state index contributed by atoms with van der Waals surface area (Å²) in [6.45, 7) is 5.14. The van der Waals surface area contributed by atoms with Crippen LogP contribution in [-0.4, -0.2) is 68.4 Å². The molecule has 0 radical (unpaired) electrons. The Labute approximate surface area is 116 Å². The molecule has 0 aliphatic heterocycles. The lowest BCUT2D eigenvalue weighted by molar-refractivity contribution is -0.131. The molecule has 0 aliphatic rings. The van der Waals surface area contributed by atoms with Gasteiger partial charge in [0.15, 0.2) is 0 Å². The van der Waals surface area contributed by atoms with Crippen molar-refractivity contribution in [3.63, 3.8) is 0 Å². The minimum Gasteiger partial charge on any atom is -0.358 e. The van der Waals surface area contributed by atoms with Crippen LogP contribution < -0.4 is 11.1 Å². The van der Waals surface area contributed by atoms with E-state index in [0.717, 1.165) is 19.4 Å². The summed E-state index contributed by atoms with van der Waals surface area (Å²) in [5.41, 5.74) is 5.42. The van der Waals surface area contributed by atoms with Crippen LogP contribution in [-0.2, 0) is 9.59 Å². The fraction of sp³-hybridized carbons (Fsp3) is 0.846. The zero-order valence-electron chi connectivity index (χ0n) is 12.4. The second-order valence-electron chi connectivity index (χ2n) is 4.66. The molecule has 19 heavy (non-hydrogen) atoms. The molecule has 0 saturated heterocycles. The van der Waals surface area contributed by atoms with Gasteiger partial charge in [-0.3, -0.25) is 14.5 Å². The van der Waals surface area contributed by atoms with Crippen LogP contribution in [0.15, 0.2) is 0 Å². The Balaban J connectivity index is 4.08. The van der Waals surface area contributed by atoms with Gasteiger partial charge in [0.2, 0.25) is 11.8 Å². The van der Waals surface area contributed by atoms with E-state index in [0.29, 0.717) is 32.6 Å². The first-order valence-corrected chi connectivity index (χ1v) is 6.92. The van der Waals surface area contributed by atoms with Crippen molar-refractivity contribution in [1.82, 2.24) is 15.1 Å². The molecule has 6 heteroatoms. The number of nitrogens with zero attached hydrogens (tertiary/aromatic N) is 2. The topological polar surface area (TPSA) is 78.7 Å². The molecule has 6 nitrogen and oxygen atoms in total. The molecule has 2 amide bonds. The van der Waals surface area contributed by atoms with E-state index < -0.39 is 0 Å². The highest BCUT2D eigenvalue weighted by Crippen LogP contribution is 1.98. The highest BCUT2D eigenvalue weighted by Gasteiger charge is 2.13. The van der Waals surface area contributed by atoms with Gasteiger partial charge in [0, 0.05) is 33.6 Å². The van der Waals surface area contributed by atoms with Crippen molar-refractivity contribution in [2.24, 2.45) is 5.73 Å². The average Bonchev–Trinajstić information content (AvgIpc) is 2.41. The predicted octanol–water partition coefficient (Wildman–Crippen LogP) is -0.358. The van der Waals surface area contributed by atoms with E-state index >= 15 is 0 Å². The van der Waals surface area contributed by atoms with Gasteiger partial charge in [0.25, 0.3) is 0 Å². The van der Waals surface area contributed by atoms with E-state index in [1.54, 1.807) is 19.0 Å². The molecule has 0 atom stereocenters. The van der Waals surface area contributed by atoms with E-state index in [1.807, 2.05) is 4.90 Å². The Bertz CT molecular complexity index is 271. The molecule has 0 fully saturated rings. The zero-order chi connectivity index (χ0) is 14.7. The lowest BCUT2D eigenvalue weighted by Gasteiger charge is -2.22. The number of hydrogen-bond donors (Lipinski definition) is 2. The van der Waals surface area contributed by atoms with Gasteiger partial charge in [-0.2, -0.15) is 0 Å². The number of hydrogen-bond acceptors (Lipinski definition) is 4. The molecule has 0 heterocycles. The van der Waals surface area contributed by atoms with Gasteiger partial charge in [0.1, 0.15) is 0 Å². The van der Waals surface area contributed by atoms with E-state index in [2.05, 4.69) is 12.2 Å². The van der Waals surface area contributed by atoms with Crippen LogP contribution >= 0.6 is 0 Å². The number of carbonyl (C=O) groups excluding carboxylic acids is 2. The number of nitrogens with two attached hydrogens (primary N) is 1. The third-order valence-electron chi connectivity index (χ3n) is 2.95. The van der Waals surface area contributed by atoms with Gasteiger partial charge in [-0.25, -0.2) is 0 Å². The van der Waals surface area contributed by atoms with Gasteiger partial charge in [-0.05, 0) is 25.9 Å². The first-order chi connectivity index (χ1) is 9.04. The number of rotatable bonds is 10. The molecular formula is C13H28N4O2. The van der Waals surface area contributed by atoms with Crippen molar-refractivity contribution >= 4 is 11.8 Å². The van der Waals surface area contributed by atoms with Gasteiger partial charge >= 0.3 is 0 Å². The molecule has 0 aromatic heterocycles. The molecule has 0 aromatic carbocycles. The van der Waals surface area contributed by atoms with E-state index in [1.165, 1.54) is 0 Å². The van der Waals surface area contributed by atoms with Gasteiger partial charge in [-0.1, -0.05) is 6.92 Å². The molecular weight excluding hydrogens is 244 g/mol. The second-order valence-corrected chi connectivity index (χ2v) is 4.66. The summed E-state index contributed by atoms with van der Waals surface area (Å²) in [6.07, 6.45) is 2.23. The van der Waals surface area contributed by atoms with Crippen molar-refractivity contribution in [1.29, 1.82) is 0 Å². The van der Waals surface area contributed by atoms with E-state index in [4.69, 9.17) is 5.73 Å². The van der Waals surface area contributed by atoms with Crippen LogP contribution in [0.1, 0.15) is 26.2 Å². The zero-order valence-corrected chi connectivity index (χ0v) is 12.4. The normalized spacial score (nSPS) is 10.6. The number of likely N-dealkylation sites (N-methyl/N-ethyl adjacent to an activating group) is 1. The standard InChI is InChI=1S/C13H28N4O2/c1-4-8-17(11-12(18)15-2)10-6-13(19)16(3)9-5-7-14/h4-11,14H2,1-3H3,(H,15,18). The highest BCUT2D eigenvalue weighted by atomic mass is 16.2. The third kappa shape index (κ3) is 8.56. The van der Waals surface area contributed by atoms with Gasteiger partial charge < -0.3 is 16.0 Å². The summed E-state index contributed by atoms with van der Waals surface area (Å²) in [5.74, 6) is 0.0869. The molecule has 0 aliphatic carbocycles. The smallest absolute Gasteiger partial charge is 0.233 e. The molecule has 112 valence electrons. The molecule has 0 unspecified atom stereocenters. The number of amides is 2. The lowest BCUT2D eigenvalue weighted by Crippen LogP contribution is -2.39. The maximum atomic E-state index is 11.9. The van der Waals surface area contributed by atoms with Crippen molar-refractivity contribution in [2.75, 3.05) is 46.8 Å². The largest absolute Gasteiger partial charge is 0.358 e. The van der Waals surface area contributed by atoms with Crippen LogP contribution in [0.2, 0.25) is 0 Å². The minimum atomic E-state index is -0.0163. The first kappa shape index (κ1) is 17.9. The van der Waals surface area contributed by atoms with Gasteiger partial charge in [0.05, 0.1) is 6.54 Å². The Morgan fingerprint density at radius 3 is 2.42 bits per heavy atom. The van der Waals surface area contributed by atoms with Crippen molar-refractivity contribution in [3.05, 3.63) is 0 Å². The quantitative estimate of drug-likeness (QED) is 0.569. The lowest BCUT2D eigenvalue weighted by atomic mass is 10.3. The summed E-state index contributed by atoms with van der Waals surface area (Å²) in [7, 11) is 3.42. The van der Waals surface area contributed by atoms with Crippen LogP contribution in [0.3, 0.4) is 0 Å². The summed E-state index contributed by atoms with van der Waals surface area (Å²) < 4.78 is 0. The first-order valence-electron chi connectivity index (χ1n) is 6.92. The number of nitrogens with one attached hydrogen (secondary N) is 1. The fourth-order valence-corrected chi connectivity index (χ4v) is 1.77. The van der Waals surface area contributed by atoms with Gasteiger partial charge in [-0.15, -0.1) is 0 Å². The molecule has 0 spiro atoms. The SMILES string of the molecule is CCCN(CCC(=O)N(C)CCCN)CC(=O)NC. The monoisotopic (exact) mass is 272 g/mol. The summed E-state index contributed by atoms with van der Waals surface area (Å²) >= 11 is 0. The van der Waals surface area contributed by atoms with Crippen LogP contribution in [0.4, 0.5) is 0 Å². The van der Waals surface area contributed by atoms with Crippen LogP contribution in [0, 0.1) is 0 Å². The molecule has 0 saturated carbocycles. The Morgan fingerprint density at radius 1 is 1.21 bits per heavy atom. The third-order valence-corrected chi connectivity index (χ3v) is 2.95. The molecule has 3 N–H and O–H groups in total. The summed E-state index contributed by atoms with van der Waals surface area (Å²) in [5, 5.41) is 2.60. The van der Waals surface area contributed by atoms with Crippen molar-refractivity contribution in [3.8, 4) is 0 Å². The highest BCUT2D eigenvalue weighted by molar-refractivity contribution is 5.78. The molecule has 0 aromatic rings. The van der Waals surface area contributed by atoms with Crippen LogP contribution in [0.5, 0.6) is 0 Å². The van der Waals surface area contributed by atoms with E-state index in [-0.39, 0.29) is 11.8 Å². The summed E-state index contributed by atoms with van der Waals surface area (Å²) in [6, 6.07) is 0. The minimum absolute atomic E-state index is 0.0163. The van der Waals surface area contributed by atoms with Crippen molar-refractivity contribution < 1.29 is 9.59 Å². The second kappa shape index (κ2) is 10.8. The number of carbonyl (C=O) groups is 2. The van der Waals surface area contributed by atoms with E-state index in [9.17, 15) is 9.59 Å².